The van der Waals surface area contributed by atoms with Crippen LogP contribution in [0.4, 0.5) is 0 Å². The van der Waals surface area contributed by atoms with E-state index >= 15 is 0 Å². The molecule has 1 aromatic heterocycles. The summed E-state index contributed by atoms with van der Waals surface area (Å²) in [6.07, 6.45) is 5.52. The van der Waals surface area contributed by atoms with Crippen LogP contribution in [0.5, 0.6) is 0 Å². The Morgan fingerprint density at radius 2 is 2.29 bits per heavy atom. The van der Waals surface area contributed by atoms with Gasteiger partial charge in [-0.3, -0.25) is 4.79 Å². The predicted molar refractivity (Wildman–Crippen MR) is 50.3 cm³/mol. The van der Waals surface area contributed by atoms with E-state index in [1.165, 1.54) is 13.2 Å². The highest BCUT2D eigenvalue weighted by molar-refractivity contribution is 5.88. The van der Waals surface area contributed by atoms with Crippen LogP contribution in [0.25, 0.3) is 0 Å². The second kappa shape index (κ2) is 3.29. The number of carbonyl (C=O) groups excluding carboxylic acids is 1. The number of pyridine rings is 1. The molecule has 0 saturated heterocycles. The molecular weight excluding hydrogens is 182 g/mol. The van der Waals surface area contributed by atoms with Gasteiger partial charge in [0, 0.05) is 24.5 Å². The van der Waals surface area contributed by atoms with Gasteiger partial charge in [-0.25, -0.2) is 4.79 Å². The maximum absolute atomic E-state index is 11.3. The quantitative estimate of drug-likeness (QED) is 0.657. The Hall–Kier alpha value is -1.58. The van der Waals surface area contributed by atoms with E-state index in [0.29, 0.717) is 6.04 Å². The van der Waals surface area contributed by atoms with E-state index in [2.05, 4.69) is 4.74 Å². The summed E-state index contributed by atoms with van der Waals surface area (Å²) in [7, 11) is 1.27. The van der Waals surface area contributed by atoms with Gasteiger partial charge in [0.05, 0.1) is 7.11 Å². The smallest absolute Gasteiger partial charge is 0.343 e. The van der Waals surface area contributed by atoms with Gasteiger partial charge in [-0.05, 0) is 12.8 Å². The summed E-state index contributed by atoms with van der Waals surface area (Å²) in [6, 6.07) is 1.86. The molecule has 0 bridgehead atoms. The number of ether oxygens (including phenoxy) is 1. The zero-order valence-electron chi connectivity index (χ0n) is 7.90. The van der Waals surface area contributed by atoms with E-state index in [-0.39, 0.29) is 11.0 Å². The minimum atomic E-state index is -0.565. The first-order valence-electron chi connectivity index (χ1n) is 4.52. The molecule has 14 heavy (non-hydrogen) atoms. The van der Waals surface area contributed by atoms with E-state index in [0.717, 1.165) is 12.8 Å². The summed E-state index contributed by atoms with van der Waals surface area (Å²) in [4.78, 5) is 22.5. The fourth-order valence-corrected chi connectivity index (χ4v) is 1.36. The van der Waals surface area contributed by atoms with Crippen LogP contribution in [0, 0.1) is 0 Å². The maximum atomic E-state index is 11.3. The Morgan fingerprint density at radius 1 is 1.57 bits per heavy atom. The van der Waals surface area contributed by atoms with E-state index in [9.17, 15) is 9.59 Å². The van der Waals surface area contributed by atoms with Crippen LogP contribution in [-0.2, 0) is 4.74 Å². The normalized spacial score (nSPS) is 15.2. The van der Waals surface area contributed by atoms with Crippen molar-refractivity contribution in [1.29, 1.82) is 0 Å². The van der Waals surface area contributed by atoms with Crippen molar-refractivity contribution in [2.24, 2.45) is 0 Å². The van der Waals surface area contributed by atoms with Gasteiger partial charge in [-0.1, -0.05) is 0 Å². The lowest BCUT2D eigenvalue weighted by Crippen LogP contribution is -2.17. The summed E-state index contributed by atoms with van der Waals surface area (Å²) in [5, 5.41) is 0. The lowest BCUT2D eigenvalue weighted by molar-refractivity contribution is 0.0598. The number of hydrogen-bond acceptors (Lipinski definition) is 3. The molecule has 1 saturated carbocycles. The van der Waals surface area contributed by atoms with Crippen molar-refractivity contribution in [1.82, 2.24) is 4.57 Å². The first-order valence-corrected chi connectivity index (χ1v) is 4.52. The van der Waals surface area contributed by atoms with Crippen molar-refractivity contribution >= 4 is 5.97 Å². The predicted octanol–water partition coefficient (Wildman–Crippen LogP) is 0.970. The Balaban J connectivity index is 2.41. The molecule has 0 radical (unpaired) electrons. The lowest BCUT2D eigenvalue weighted by atomic mass is 10.3. The maximum Gasteiger partial charge on any atom is 0.343 e. The van der Waals surface area contributed by atoms with Gasteiger partial charge < -0.3 is 9.30 Å². The fraction of sp³-hybridized carbons (Fsp3) is 0.400. The number of esters is 1. The standard InChI is InChI=1S/C10H11NO3/c1-14-10(13)8-6-11(7-2-3-7)5-4-9(8)12/h4-7H,2-3H2,1H3. The number of carbonyl (C=O) groups is 1. The molecule has 1 heterocycles. The Morgan fingerprint density at radius 3 is 2.86 bits per heavy atom. The summed E-state index contributed by atoms with van der Waals surface area (Å²) >= 11 is 0. The van der Waals surface area contributed by atoms with Crippen molar-refractivity contribution in [3.8, 4) is 0 Å². The van der Waals surface area contributed by atoms with E-state index in [1.807, 2.05) is 4.57 Å². The van der Waals surface area contributed by atoms with Crippen molar-refractivity contribution < 1.29 is 9.53 Å². The molecule has 0 aromatic carbocycles. The topological polar surface area (TPSA) is 48.3 Å². The molecular formula is C10H11NO3. The van der Waals surface area contributed by atoms with Gasteiger partial charge in [0.2, 0.25) is 0 Å². The number of hydrogen-bond donors (Lipinski definition) is 0. The van der Waals surface area contributed by atoms with Crippen molar-refractivity contribution in [3.05, 3.63) is 34.2 Å². The van der Waals surface area contributed by atoms with Gasteiger partial charge in [0.1, 0.15) is 5.56 Å². The number of rotatable bonds is 2. The van der Waals surface area contributed by atoms with Crippen LogP contribution in [0.3, 0.4) is 0 Å². The lowest BCUT2D eigenvalue weighted by Gasteiger charge is -2.05. The highest BCUT2D eigenvalue weighted by Crippen LogP contribution is 2.34. The van der Waals surface area contributed by atoms with Crippen LogP contribution < -0.4 is 5.43 Å². The van der Waals surface area contributed by atoms with Crippen molar-refractivity contribution in [2.75, 3.05) is 7.11 Å². The summed E-state index contributed by atoms with van der Waals surface area (Å²) in [5.74, 6) is -0.565. The fourth-order valence-electron chi connectivity index (χ4n) is 1.36. The number of nitrogens with zero attached hydrogens (tertiary/aromatic N) is 1. The van der Waals surface area contributed by atoms with Gasteiger partial charge in [0.25, 0.3) is 0 Å². The minimum absolute atomic E-state index is 0.113. The largest absolute Gasteiger partial charge is 0.465 e. The van der Waals surface area contributed by atoms with E-state index < -0.39 is 5.97 Å². The van der Waals surface area contributed by atoms with E-state index in [4.69, 9.17) is 0 Å². The van der Waals surface area contributed by atoms with Gasteiger partial charge in [0.15, 0.2) is 5.43 Å². The molecule has 1 fully saturated rings. The molecule has 0 unspecified atom stereocenters. The summed E-state index contributed by atoms with van der Waals surface area (Å²) in [6.45, 7) is 0. The molecule has 2 rings (SSSR count). The molecule has 0 N–H and O–H groups in total. The van der Waals surface area contributed by atoms with Gasteiger partial charge in [-0.15, -0.1) is 0 Å². The van der Waals surface area contributed by atoms with Gasteiger partial charge in [-0.2, -0.15) is 0 Å². The molecule has 0 amide bonds. The molecule has 4 nitrogen and oxygen atoms in total. The molecule has 0 atom stereocenters. The molecule has 0 spiro atoms. The second-order valence-corrected chi connectivity index (χ2v) is 3.39. The first-order chi connectivity index (χ1) is 6.72. The third-order valence-corrected chi connectivity index (χ3v) is 2.32. The SMILES string of the molecule is COC(=O)c1cn(C2CC2)ccc1=O. The van der Waals surface area contributed by atoms with Crippen LogP contribution in [0.2, 0.25) is 0 Å². The third-order valence-electron chi connectivity index (χ3n) is 2.32. The minimum Gasteiger partial charge on any atom is -0.465 e. The second-order valence-electron chi connectivity index (χ2n) is 3.39. The van der Waals surface area contributed by atoms with Crippen molar-refractivity contribution in [3.63, 3.8) is 0 Å². The van der Waals surface area contributed by atoms with Crippen LogP contribution in [0.1, 0.15) is 29.2 Å². The zero-order chi connectivity index (χ0) is 10.1. The third kappa shape index (κ3) is 1.55. The zero-order valence-corrected chi connectivity index (χ0v) is 7.90. The molecule has 1 aliphatic carbocycles. The summed E-state index contributed by atoms with van der Waals surface area (Å²) in [5.41, 5.74) is -0.171. The van der Waals surface area contributed by atoms with Crippen LogP contribution >= 0.6 is 0 Å². The average Bonchev–Trinajstić information content (AvgIpc) is 3.01. The van der Waals surface area contributed by atoms with Gasteiger partial charge >= 0.3 is 5.97 Å². The average molecular weight is 193 g/mol. The molecule has 1 aromatic rings. The number of aromatic nitrogens is 1. The molecule has 74 valence electrons. The molecule has 1 aliphatic rings. The monoisotopic (exact) mass is 193 g/mol. The van der Waals surface area contributed by atoms with Crippen LogP contribution in [-0.4, -0.2) is 17.6 Å². The first kappa shape index (κ1) is 8.99. The van der Waals surface area contributed by atoms with Crippen molar-refractivity contribution in [2.45, 2.75) is 18.9 Å². The van der Waals surface area contributed by atoms with E-state index in [1.54, 1.807) is 12.4 Å². The Labute approximate surface area is 81.1 Å². The highest BCUT2D eigenvalue weighted by Gasteiger charge is 2.23. The summed E-state index contributed by atoms with van der Waals surface area (Å²) < 4.78 is 6.42. The number of methoxy groups -OCH3 is 1. The van der Waals surface area contributed by atoms with Crippen LogP contribution in [0.15, 0.2) is 23.3 Å². The molecule has 4 heteroatoms. The molecule has 0 aliphatic heterocycles. The Bertz CT molecular complexity index is 418. The Kier molecular flexibility index (Phi) is 2.11. The highest BCUT2D eigenvalue weighted by atomic mass is 16.5.